The second kappa shape index (κ2) is 4.99. The number of alkyl halides is 1. The molecule has 1 rings (SSSR count). The van der Waals surface area contributed by atoms with E-state index in [1.54, 1.807) is 20.8 Å². The maximum Gasteiger partial charge on any atom is 0.407 e. The van der Waals surface area contributed by atoms with Crippen LogP contribution in [0.25, 0.3) is 0 Å². The SMILES string of the molecule is CC(C)(C)OC(=O)NC1CC(C(F)CO)C1. The summed E-state index contributed by atoms with van der Waals surface area (Å²) >= 11 is 0. The van der Waals surface area contributed by atoms with Crippen molar-refractivity contribution < 1.29 is 19.0 Å². The van der Waals surface area contributed by atoms with Crippen molar-refractivity contribution in [2.24, 2.45) is 5.92 Å². The fraction of sp³-hybridized carbons (Fsp3) is 0.909. The molecule has 2 N–H and O–H groups in total. The van der Waals surface area contributed by atoms with Crippen LogP contribution in [0.5, 0.6) is 0 Å². The van der Waals surface area contributed by atoms with Gasteiger partial charge >= 0.3 is 6.09 Å². The summed E-state index contributed by atoms with van der Waals surface area (Å²) in [5, 5.41) is 11.3. The Morgan fingerprint density at radius 2 is 2.12 bits per heavy atom. The minimum absolute atomic E-state index is 0.0235. The Labute approximate surface area is 95.2 Å². The van der Waals surface area contributed by atoms with Crippen LogP contribution in [0, 0.1) is 5.92 Å². The first kappa shape index (κ1) is 13.2. The Morgan fingerprint density at radius 1 is 1.56 bits per heavy atom. The molecule has 0 aromatic heterocycles. The molecule has 94 valence electrons. The van der Waals surface area contributed by atoms with Gasteiger partial charge in [0.1, 0.15) is 11.8 Å². The number of aliphatic hydroxyl groups excluding tert-OH is 1. The van der Waals surface area contributed by atoms with E-state index in [1.165, 1.54) is 0 Å². The summed E-state index contributed by atoms with van der Waals surface area (Å²) in [6.07, 6.45) is -0.492. The molecular formula is C11H20FNO3. The van der Waals surface area contributed by atoms with Crippen LogP contribution < -0.4 is 5.32 Å². The summed E-state index contributed by atoms with van der Waals surface area (Å²) < 4.78 is 18.0. The van der Waals surface area contributed by atoms with Gasteiger partial charge in [0.25, 0.3) is 0 Å². The van der Waals surface area contributed by atoms with Crippen LogP contribution in [0.3, 0.4) is 0 Å². The first-order valence-corrected chi connectivity index (χ1v) is 5.56. The standard InChI is InChI=1S/C11H20FNO3/c1-11(2,3)16-10(15)13-8-4-7(5-8)9(12)6-14/h7-9,14H,4-6H2,1-3H3,(H,13,15). The van der Waals surface area contributed by atoms with Gasteiger partial charge in [-0.25, -0.2) is 9.18 Å². The van der Waals surface area contributed by atoms with Crippen LogP contribution in [0.15, 0.2) is 0 Å². The number of hydrogen-bond acceptors (Lipinski definition) is 3. The topological polar surface area (TPSA) is 58.6 Å². The van der Waals surface area contributed by atoms with Crippen LogP contribution in [-0.2, 0) is 4.74 Å². The number of rotatable bonds is 3. The number of ether oxygens (including phenoxy) is 1. The highest BCUT2D eigenvalue weighted by Gasteiger charge is 2.36. The summed E-state index contributed by atoms with van der Waals surface area (Å²) in [7, 11) is 0. The molecule has 1 fully saturated rings. The van der Waals surface area contributed by atoms with Crippen molar-refractivity contribution in [3.63, 3.8) is 0 Å². The van der Waals surface area contributed by atoms with E-state index in [4.69, 9.17) is 9.84 Å². The maximum atomic E-state index is 13.0. The molecule has 0 radical (unpaired) electrons. The molecule has 16 heavy (non-hydrogen) atoms. The van der Waals surface area contributed by atoms with Crippen molar-refractivity contribution in [3.05, 3.63) is 0 Å². The lowest BCUT2D eigenvalue weighted by Crippen LogP contribution is -2.48. The van der Waals surface area contributed by atoms with Gasteiger partial charge in [0.15, 0.2) is 0 Å². The molecule has 1 atom stereocenters. The van der Waals surface area contributed by atoms with Crippen LogP contribution in [0.1, 0.15) is 33.6 Å². The molecule has 5 heteroatoms. The van der Waals surface area contributed by atoms with Gasteiger partial charge in [-0.3, -0.25) is 0 Å². The molecule has 1 saturated carbocycles. The first-order chi connectivity index (χ1) is 7.31. The van der Waals surface area contributed by atoms with Crippen molar-refractivity contribution in [3.8, 4) is 0 Å². The second-order valence-corrected chi connectivity index (χ2v) is 5.27. The van der Waals surface area contributed by atoms with Gasteiger partial charge in [-0.05, 0) is 39.5 Å². The number of carbonyl (C=O) groups is 1. The lowest BCUT2D eigenvalue weighted by Gasteiger charge is -2.37. The number of nitrogens with one attached hydrogen (secondary N) is 1. The Balaban J connectivity index is 2.20. The summed E-state index contributed by atoms with van der Waals surface area (Å²) in [4.78, 5) is 11.3. The van der Waals surface area contributed by atoms with E-state index in [-0.39, 0.29) is 12.0 Å². The Bertz CT molecular complexity index is 246. The normalized spacial score (nSPS) is 26.8. The molecule has 0 heterocycles. The number of alkyl carbamates (subject to hydrolysis) is 1. The average Bonchev–Trinajstić information content (AvgIpc) is 2.06. The molecule has 0 aromatic rings. The van der Waals surface area contributed by atoms with Gasteiger partial charge in [-0.15, -0.1) is 0 Å². The van der Waals surface area contributed by atoms with Crippen LogP contribution in [0.4, 0.5) is 9.18 Å². The van der Waals surface area contributed by atoms with Crippen molar-refractivity contribution >= 4 is 6.09 Å². The van der Waals surface area contributed by atoms with Crippen LogP contribution in [-0.4, -0.2) is 35.6 Å². The van der Waals surface area contributed by atoms with E-state index in [2.05, 4.69) is 5.32 Å². The van der Waals surface area contributed by atoms with E-state index in [1.807, 2.05) is 0 Å². The lowest BCUT2D eigenvalue weighted by atomic mass is 9.77. The predicted molar refractivity (Wildman–Crippen MR) is 57.9 cm³/mol. The third-order valence-electron chi connectivity index (χ3n) is 2.58. The number of amides is 1. The quantitative estimate of drug-likeness (QED) is 0.778. The number of halogens is 1. The van der Waals surface area contributed by atoms with Crippen molar-refractivity contribution in [1.82, 2.24) is 5.32 Å². The zero-order valence-electron chi connectivity index (χ0n) is 10.00. The molecule has 1 aliphatic carbocycles. The molecule has 1 aliphatic rings. The van der Waals surface area contributed by atoms with E-state index < -0.39 is 24.5 Å². The molecule has 0 bridgehead atoms. The van der Waals surface area contributed by atoms with E-state index in [9.17, 15) is 9.18 Å². The highest BCUT2D eigenvalue weighted by molar-refractivity contribution is 5.68. The summed E-state index contributed by atoms with van der Waals surface area (Å²) in [6, 6.07) is -0.0235. The fourth-order valence-corrected chi connectivity index (χ4v) is 1.70. The van der Waals surface area contributed by atoms with Gasteiger partial charge in [-0.1, -0.05) is 0 Å². The van der Waals surface area contributed by atoms with E-state index in [0.717, 1.165) is 0 Å². The minimum Gasteiger partial charge on any atom is -0.444 e. The smallest absolute Gasteiger partial charge is 0.407 e. The largest absolute Gasteiger partial charge is 0.444 e. The van der Waals surface area contributed by atoms with E-state index >= 15 is 0 Å². The van der Waals surface area contributed by atoms with Gasteiger partial charge < -0.3 is 15.2 Å². The Morgan fingerprint density at radius 3 is 2.56 bits per heavy atom. The predicted octanol–water partition coefficient (Wildman–Crippen LogP) is 1.62. The van der Waals surface area contributed by atoms with Crippen LogP contribution >= 0.6 is 0 Å². The minimum atomic E-state index is -1.17. The molecule has 0 saturated heterocycles. The Hall–Kier alpha value is -0.840. The molecule has 4 nitrogen and oxygen atoms in total. The van der Waals surface area contributed by atoms with Gasteiger partial charge in [0.05, 0.1) is 6.61 Å². The van der Waals surface area contributed by atoms with Crippen molar-refractivity contribution in [2.75, 3.05) is 6.61 Å². The molecule has 0 spiro atoms. The lowest BCUT2D eigenvalue weighted by molar-refractivity contribution is 0.0330. The van der Waals surface area contributed by atoms with Crippen molar-refractivity contribution in [1.29, 1.82) is 0 Å². The number of aliphatic hydroxyl groups is 1. The first-order valence-electron chi connectivity index (χ1n) is 5.56. The van der Waals surface area contributed by atoms with Gasteiger partial charge in [0, 0.05) is 6.04 Å². The van der Waals surface area contributed by atoms with Gasteiger partial charge in [0.2, 0.25) is 0 Å². The molecule has 1 unspecified atom stereocenters. The summed E-state index contributed by atoms with van der Waals surface area (Å²) in [5.74, 6) is -0.134. The molecule has 0 aliphatic heterocycles. The molecule has 1 amide bonds. The maximum absolute atomic E-state index is 13.0. The monoisotopic (exact) mass is 233 g/mol. The van der Waals surface area contributed by atoms with Crippen molar-refractivity contribution in [2.45, 2.75) is 51.4 Å². The van der Waals surface area contributed by atoms with Gasteiger partial charge in [-0.2, -0.15) is 0 Å². The highest BCUT2D eigenvalue weighted by Crippen LogP contribution is 2.32. The second-order valence-electron chi connectivity index (χ2n) is 5.27. The third-order valence-corrected chi connectivity index (χ3v) is 2.58. The third kappa shape index (κ3) is 3.96. The zero-order valence-corrected chi connectivity index (χ0v) is 10.00. The van der Waals surface area contributed by atoms with E-state index in [0.29, 0.717) is 12.8 Å². The summed E-state index contributed by atoms with van der Waals surface area (Å²) in [5.41, 5.74) is -0.513. The summed E-state index contributed by atoms with van der Waals surface area (Å²) in [6.45, 7) is 4.93. The highest BCUT2D eigenvalue weighted by atomic mass is 19.1. The fourth-order valence-electron chi connectivity index (χ4n) is 1.70. The number of carbonyl (C=O) groups excluding carboxylic acids is 1. The average molecular weight is 233 g/mol. The zero-order chi connectivity index (χ0) is 12.3. The Kier molecular flexibility index (Phi) is 4.13. The molecular weight excluding hydrogens is 213 g/mol. The van der Waals surface area contributed by atoms with Crippen LogP contribution in [0.2, 0.25) is 0 Å². The number of hydrogen-bond donors (Lipinski definition) is 2. The molecule has 0 aromatic carbocycles.